The van der Waals surface area contributed by atoms with Crippen LogP contribution < -0.4 is 0 Å². The first-order chi connectivity index (χ1) is 62.4. The smallest absolute Gasteiger partial charge is 0.166 e. The Labute approximate surface area is 718 Å². The maximum Gasteiger partial charge on any atom is 0.166 e. The van der Waals surface area contributed by atoms with E-state index < -0.39 is 0 Å². The van der Waals surface area contributed by atoms with Gasteiger partial charge in [-0.3, -0.25) is 0 Å². The number of rotatable bonds is 11. The Bertz CT molecular complexity index is 9330. The molecule has 0 saturated carbocycles. The minimum absolute atomic E-state index is 0.476. The normalized spacial score (nSPS) is 12.1. The molecule has 0 amide bonds. The molecule has 27 rings (SSSR count). The number of hydrogen-bond donors (Lipinski definition) is 0. The van der Waals surface area contributed by atoms with Crippen molar-refractivity contribution >= 4 is 163 Å². The lowest BCUT2D eigenvalue weighted by molar-refractivity contribution is 0.669. The van der Waals surface area contributed by atoms with Crippen LogP contribution in [0.2, 0.25) is 0 Å². The molecule has 0 aliphatic heterocycles. The average Bonchev–Trinajstić information content (AvgIpc) is 1.54. The van der Waals surface area contributed by atoms with Crippen LogP contribution in [0.3, 0.4) is 0 Å². The predicted molar refractivity (Wildman–Crippen MR) is 516 cm³/mol. The van der Waals surface area contributed by atoms with Crippen molar-refractivity contribution in [1.82, 2.24) is 48.2 Å². The largest absolute Gasteiger partial charge is 0.456 e. The van der Waals surface area contributed by atoms with Crippen LogP contribution in [0, 0.1) is 0 Å². The summed E-state index contributed by atoms with van der Waals surface area (Å²) >= 11 is 0. The summed E-state index contributed by atoms with van der Waals surface area (Å²) in [6.07, 6.45) is 0. The zero-order valence-corrected chi connectivity index (χ0v) is 67.4. The van der Waals surface area contributed by atoms with E-state index in [-0.39, 0.29) is 0 Å². The van der Waals surface area contributed by atoms with Crippen molar-refractivity contribution in [2.75, 3.05) is 0 Å². The fraction of sp³-hybridized carbons (Fsp3) is 0. The summed E-state index contributed by atoms with van der Waals surface area (Å²) in [4.78, 5) is 34.5. The van der Waals surface area contributed by atoms with Gasteiger partial charge in [0.05, 0.1) is 66.6 Å². The summed E-state index contributed by atoms with van der Waals surface area (Å²) in [5.74, 6) is 2.99. The number of hydrogen-bond acceptors (Lipinski definition) is 8. The molecule has 0 aliphatic carbocycles. The van der Waals surface area contributed by atoms with Gasteiger partial charge in [-0.25, -0.2) is 29.9 Å². The molecule has 0 unspecified atom stereocenters. The topological polar surface area (TPSA) is 123 Å². The number of furan rings is 2. The van der Waals surface area contributed by atoms with Gasteiger partial charge in [0.25, 0.3) is 0 Å². The fourth-order valence-electron chi connectivity index (χ4n) is 20.1. The molecule has 584 valence electrons. The van der Waals surface area contributed by atoms with Crippen LogP contribution in [0.25, 0.3) is 266 Å². The van der Waals surface area contributed by atoms with Crippen LogP contribution in [-0.2, 0) is 0 Å². The molecule has 27 aromatic rings. The first kappa shape index (κ1) is 69.6. The third-order valence-corrected chi connectivity index (χ3v) is 25.8. The molecule has 8 heterocycles. The summed E-state index contributed by atoms with van der Waals surface area (Å²) in [7, 11) is 0. The highest BCUT2D eigenvalue weighted by Crippen LogP contribution is 2.50. The zero-order chi connectivity index (χ0) is 82.3. The van der Waals surface area contributed by atoms with Gasteiger partial charge in [0.1, 0.15) is 22.3 Å². The lowest BCUT2D eigenvalue weighted by Crippen LogP contribution is -2.04. The van der Waals surface area contributed by atoms with Gasteiger partial charge in [0.2, 0.25) is 0 Å². The Morgan fingerprint density at radius 2 is 0.540 bits per heavy atom. The minimum atomic E-state index is 0.476. The van der Waals surface area contributed by atoms with E-state index in [1.54, 1.807) is 0 Å². The standard InChI is InChI=1S/C114H66N10O2/c1-3-33-78(34-4-1)121-91-44-18-13-37-81(91)87-63-76(51-53-95(87)121)111-115-109(117-113(119-111)106-97(55-57-102-104(106)85-41-17-22-48-101(85)125-102)123-93-46-20-15-39-83(93)89-61-69-27-9-11-29-71(69)65-99(89)123)74-32-23-31-73(60-74)80-42-24-43-86-105-103(126-108(80)86)58-56-98(124-94-47-21-16-40-84(94)90-62-70-28-10-12-30-72(70)66-100(90)124)107(105)114-118-110(75-50-49-67-25-7-8-26-68(67)59-75)116-112(120-114)77-52-54-96-88(64-77)82-38-14-19-45-92(82)122(96)79-35-5-2-6-36-79/h1-66H. The van der Waals surface area contributed by atoms with Gasteiger partial charge < -0.3 is 27.1 Å². The first-order valence-corrected chi connectivity index (χ1v) is 42.5. The highest BCUT2D eigenvalue weighted by molar-refractivity contribution is 6.22. The van der Waals surface area contributed by atoms with Crippen molar-refractivity contribution in [3.05, 3.63) is 400 Å². The van der Waals surface area contributed by atoms with Gasteiger partial charge in [0, 0.05) is 104 Å². The highest BCUT2D eigenvalue weighted by atomic mass is 16.3. The number of nitrogens with zero attached hydrogens (tertiary/aromatic N) is 10. The molecule has 8 aromatic heterocycles. The van der Waals surface area contributed by atoms with E-state index in [0.29, 0.717) is 51.7 Å². The Morgan fingerprint density at radius 1 is 0.183 bits per heavy atom. The summed E-state index contributed by atoms with van der Waals surface area (Å²) < 4.78 is 24.0. The molecule has 0 bridgehead atoms. The van der Waals surface area contributed by atoms with Gasteiger partial charge in [0.15, 0.2) is 34.9 Å². The van der Waals surface area contributed by atoms with Gasteiger partial charge in [-0.1, -0.05) is 249 Å². The number of aromatic nitrogens is 10. The molecule has 0 spiro atoms. The van der Waals surface area contributed by atoms with Crippen LogP contribution >= 0.6 is 0 Å². The third-order valence-electron chi connectivity index (χ3n) is 25.8. The Balaban J connectivity index is 0.700. The number of para-hydroxylation sites is 8. The van der Waals surface area contributed by atoms with E-state index >= 15 is 0 Å². The monoisotopic (exact) mass is 1610 g/mol. The predicted octanol–water partition coefficient (Wildman–Crippen LogP) is 29.4. The molecule has 0 fully saturated rings. The van der Waals surface area contributed by atoms with Crippen molar-refractivity contribution in [1.29, 1.82) is 0 Å². The maximum absolute atomic E-state index is 7.57. The molecule has 126 heavy (non-hydrogen) atoms. The van der Waals surface area contributed by atoms with Gasteiger partial charge >= 0.3 is 0 Å². The molecule has 0 N–H and O–H groups in total. The van der Waals surface area contributed by atoms with Gasteiger partial charge in [-0.15, -0.1) is 0 Å². The van der Waals surface area contributed by atoms with E-state index in [1.807, 2.05) is 12.1 Å². The molecule has 0 radical (unpaired) electrons. The van der Waals surface area contributed by atoms with Gasteiger partial charge in [-0.2, -0.15) is 0 Å². The lowest BCUT2D eigenvalue weighted by atomic mass is 9.98. The van der Waals surface area contributed by atoms with Crippen LogP contribution in [0.4, 0.5) is 0 Å². The second-order valence-corrected chi connectivity index (χ2v) is 32.8. The van der Waals surface area contributed by atoms with Crippen molar-refractivity contribution in [2.45, 2.75) is 0 Å². The van der Waals surface area contributed by atoms with E-state index in [0.717, 1.165) is 214 Å². The zero-order valence-electron chi connectivity index (χ0n) is 67.4. The van der Waals surface area contributed by atoms with E-state index in [2.05, 4.69) is 407 Å². The Kier molecular flexibility index (Phi) is 15.0. The van der Waals surface area contributed by atoms with Crippen LogP contribution in [0.5, 0.6) is 0 Å². The van der Waals surface area contributed by atoms with E-state index in [4.69, 9.17) is 38.7 Å². The molecule has 0 saturated heterocycles. The van der Waals surface area contributed by atoms with Crippen molar-refractivity contribution in [3.63, 3.8) is 0 Å². The Hall–Kier alpha value is -17.2. The average molecular weight is 1610 g/mol. The summed E-state index contributed by atoms with van der Waals surface area (Å²) in [5, 5.41) is 19.2. The fourth-order valence-corrected chi connectivity index (χ4v) is 20.1. The van der Waals surface area contributed by atoms with Crippen LogP contribution in [-0.4, -0.2) is 48.2 Å². The molecule has 0 aliphatic rings. The molecule has 0 atom stereocenters. The second-order valence-electron chi connectivity index (χ2n) is 32.8. The summed E-state index contributed by atoms with van der Waals surface area (Å²) in [6.45, 7) is 0. The maximum atomic E-state index is 7.57. The summed E-state index contributed by atoms with van der Waals surface area (Å²) in [5.41, 5.74) is 21.9. The minimum Gasteiger partial charge on any atom is -0.456 e. The summed E-state index contributed by atoms with van der Waals surface area (Å²) in [6, 6.07) is 142. The molecular weight excluding hydrogens is 1540 g/mol. The van der Waals surface area contributed by atoms with Crippen LogP contribution in [0.15, 0.2) is 409 Å². The Morgan fingerprint density at radius 3 is 1.06 bits per heavy atom. The first-order valence-electron chi connectivity index (χ1n) is 42.5. The van der Waals surface area contributed by atoms with Gasteiger partial charge in [-0.05, 0) is 190 Å². The van der Waals surface area contributed by atoms with Crippen molar-refractivity contribution < 1.29 is 8.83 Å². The van der Waals surface area contributed by atoms with Crippen LogP contribution in [0.1, 0.15) is 0 Å². The molecule has 12 heteroatoms. The second kappa shape index (κ2) is 27.1. The SMILES string of the molecule is c1ccc(-n2c3ccccc3c3cc(-c4nc(-c5cccc(-c6cccc7c6oc6ccc(-n8c9ccccc9c9cc%10ccccc%10cc98)c(-c8nc(-c9ccc%10ccccc%10c9)nc(-c9ccc%10c(c9)c9ccccc9n%10-c9ccccc9)n8)c67)c5)nc(-c5c(-n6c7ccccc7c7cc8ccccc8cc76)ccc6oc7ccccc7c56)n4)ccc32)cc1. The van der Waals surface area contributed by atoms with E-state index in [9.17, 15) is 0 Å². The lowest BCUT2D eigenvalue weighted by Gasteiger charge is -2.16. The van der Waals surface area contributed by atoms with E-state index in [1.165, 1.54) is 0 Å². The third kappa shape index (κ3) is 10.6. The highest BCUT2D eigenvalue weighted by Gasteiger charge is 2.30. The quantitative estimate of drug-likeness (QED) is 0.125. The molecular formula is C114H66N10O2. The molecule has 12 nitrogen and oxygen atoms in total. The van der Waals surface area contributed by atoms with Crippen molar-refractivity contribution in [3.8, 4) is 102 Å². The number of fused-ring (bicyclic) bond motifs is 21. The van der Waals surface area contributed by atoms with Crippen molar-refractivity contribution in [2.24, 2.45) is 0 Å². The molecule has 19 aromatic carbocycles. The number of benzene rings is 19.